The molecule has 0 aromatic carbocycles. The van der Waals surface area contributed by atoms with Crippen molar-refractivity contribution in [2.24, 2.45) is 0 Å². The molecule has 3 heterocycles. The van der Waals surface area contributed by atoms with Gasteiger partial charge in [0, 0.05) is 28.0 Å². The van der Waals surface area contributed by atoms with E-state index in [-0.39, 0.29) is 11.5 Å². The Labute approximate surface area is 163 Å². The van der Waals surface area contributed by atoms with Crippen molar-refractivity contribution in [3.63, 3.8) is 0 Å². The first-order valence-electron chi connectivity index (χ1n) is 8.40. The Hall–Kier alpha value is -2.57. The molecule has 4 atom stereocenters. The van der Waals surface area contributed by atoms with Crippen LogP contribution in [0.2, 0.25) is 0 Å². The molecule has 0 radical (unpaired) electrons. The maximum Gasteiger partial charge on any atom is 0.311 e. The van der Waals surface area contributed by atoms with Crippen LogP contribution in [-0.4, -0.2) is 65.5 Å². The van der Waals surface area contributed by atoms with Crippen molar-refractivity contribution in [2.75, 3.05) is 26.1 Å². The summed E-state index contributed by atoms with van der Waals surface area (Å²) in [5.41, 5.74) is 0.333. The molecule has 28 heavy (non-hydrogen) atoms. The van der Waals surface area contributed by atoms with E-state index in [4.69, 9.17) is 18.9 Å². The molecule has 1 aliphatic rings. The molecule has 1 aliphatic heterocycles. The minimum Gasteiger partial charge on any atom is -0.463 e. The van der Waals surface area contributed by atoms with Gasteiger partial charge in [-0.1, -0.05) is 11.3 Å². The lowest BCUT2D eigenvalue weighted by molar-refractivity contribution is -0.156. The third-order valence-corrected chi connectivity index (χ3v) is 5.03. The van der Waals surface area contributed by atoms with Gasteiger partial charge in [-0.05, 0) is 0 Å². The van der Waals surface area contributed by atoms with Crippen LogP contribution in [0, 0.1) is 0 Å². The molecule has 2 aromatic heterocycles. The first-order chi connectivity index (χ1) is 13.3. The van der Waals surface area contributed by atoms with E-state index < -0.39 is 36.5 Å². The Bertz CT molecular complexity index is 943. The molecule has 3 rings (SSSR count). The summed E-state index contributed by atoms with van der Waals surface area (Å²) in [6.45, 7) is 2.40. The van der Waals surface area contributed by atoms with Crippen molar-refractivity contribution >= 4 is 39.6 Å². The van der Waals surface area contributed by atoms with Crippen molar-refractivity contribution in [2.45, 2.75) is 38.4 Å². The molecular formula is C16H20N4O7S. The number of hydrogen-bond acceptors (Lipinski definition) is 11. The summed E-state index contributed by atoms with van der Waals surface area (Å²) in [7, 11) is 3.07. The van der Waals surface area contributed by atoms with Crippen LogP contribution in [-0.2, 0) is 28.5 Å². The van der Waals surface area contributed by atoms with Crippen LogP contribution in [0.25, 0.3) is 10.3 Å². The number of ether oxygens (including phenoxy) is 4. The molecule has 0 bridgehead atoms. The molecular weight excluding hydrogens is 392 g/mol. The lowest BCUT2D eigenvalue weighted by Gasteiger charge is -2.22. The maximum absolute atomic E-state index is 12.7. The van der Waals surface area contributed by atoms with Crippen LogP contribution >= 0.6 is 11.3 Å². The first-order valence-corrected chi connectivity index (χ1v) is 9.22. The van der Waals surface area contributed by atoms with Gasteiger partial charge >= 0.3 is 16.8 Å². The van der Waals surface area contributed by atoms with Crippen LogP contribution < -0.4 is 10.2 Å². The summed E-state index contributed by atoms with van der Waals surface area (Å²) < 4.78 is 23.7. The zero-order chi connectivity index (χ0) is 20.4. The zero-order valence-electron chi connectivity index (χ0n) is 15.7. The topological polar surface area (TPSA) is 131 Å². The average molecular weight is 412 g/mol. The second-order valence-corrected chi connectivity index (χ2v) is 7.00. The number of carbonyl (C=O) groups excluding carboxylic acids is 2. The number of fused-ring (bicyclic) bond motifs is 1. The van der Waals surface area contributed by atoms with Gasteiger partial charge in [0.15, 0.2) is 18.0 Å². The van der Waals surface area contributed by atoms with Crippen molar-refractivity contribution < 1.29 is 28.5 Å². The van der Waals surface area contributed by atoms with Crippen molar-refractivity contribution in [3.8, 4) is 0 Å². The van der Waals surface area contributed by atoms with E-state index in [1.54, 1.807) is 7.05 Å². The standard InChI is InChI=1S/C16H20N4O7S/c1-7(21)25-6-9-11(24-4)12(26-8(2)22)14(27-9)20-13-10(28-16(20)23)5-18-15(17-3)19-13/h5,9,11-12,14H,6H2,1-4H3,(H,17,18,19)/t9-,11+,12-,14-/m1/s1. The Morgan fingerprint density at radius 1 is 1.32 bits per heavy atom. The highest BCUT2D eigenvalue weighted by atomic mass is 32.1. The SMILES string of the molecule is CNc1ncc2sc(=O)n([C@@H]3O[C@H](COC(C)=O)[C@H](OC)[C@H]3OC(C)=O)c2n1. The summed E-state index contributed by atoms with van der Waals surface area (Å²) >= 11 is 0.942. The maximum atomic E-state index is 12.7. The molecule has 1 fully saturated rings. The van der Waals surface area contributed by atoms with Crippen molar-refractivity contribution in [1.82, 2.24) is 14.5 Å². The fourth-order valence-electron chi connectivity index (χ4n) is 3.03. The predicted octanol–water partition coefficient (Wildman–Crippen LogP) is 0.302. The van der Waals surface area contributed by atoms with Crippen LogP contribution in [0.5, 0.6) is 0 Å². The number of thiazole rings is 1. The van der Waals surface area contributed by atoms with E-state index in [0.29, 0.717) is 16.3 Å². The number of nitrogens with one attached hydrogen (secondary N) is 1. The fraction of sp³-hybridized carbons (Fsp3) is 0.562. The van der Waals surface area contributed by atoms with Crippen LogP contribution in [0.4, 0.5) is 5.95 Å². The largest absolute Gasteiger partial charge is 0.463 e. The summed E-state index contributed by atoms with van der Waals surface area (Å²) in [5, 5.41) is 2.81. The van der Waals surface area contributed by atoms with Gasteiger partial charge in [-0.15, -0.1) is 0 Å². The minimum absolute atomic E-state index is 0.115. The zero-order valence-corrected chi connectivity index (χ0v) is 16.5. The second kappa shape index (κ2) is 8.20. The number of anilines is 1. The molecule has 1 saturated heterocycles. The summed E-state index contributed by atoms with van der Waals surface area (Å²) in [4.78, 5) is 43.6. The lowest BCUT2D eigenvalue weighted by atomic mass is 10.1. The minimum atomic E-state index is -1.00. The van der Waals surface area contributed by atoms with Gasteiger partial charge in [-0.2, -0.15) is 4.98 Å². The summed E-state index contributed by atoms with van der Waals surface area (Å²) in [6.07, 6.45) is -1.91. The third kappa shape index (κ3) is 3.84. The number of methoxy groups -OCH3 is 1. The number of aromatic nitrogens is 3. The summed E-state index contributed by atoms with van der Waals surface area (Å²) in [5.74, 6) is -0.733. The van der Waals surface area contributed by atoms with Crippen molar-refractivity contribution in [1.29, 1.82) is 0 Å². The highest BCUT2D eigenvalue weighted by Crippen LogP contribution is 2.35. The van der Waals surface area contributed by atoms with Gasteiger partial charge in [0.1, 0.15) is 18.8 Å². The smallest absolute Gasteiger partial charge is 0.311 e. The van der Waals surface area contributed by atoms with E-state index >= 15 is 0 Å². The first kappa shape index (κ1) is 20.2. The van der Waals surface area contributed by atoms with Gasteiger partial charge in [0.25, 0.3) is 0 Å². The fourth-order valence-corrected chi connectivity index (χ4v) is 3.85. The molecule has 12 heteroatoms. The molecule has 1 N–H and O–H groups in total. The average Bonchev–Trinajstić information content (AvgIpc) is 3.14. The molecule has 0 aliphatic carbocycles. The quantitative estimate of drug-likeness (QED) is 0.661. The number of rotatable bonds is 6. The van der Waals surface area contributed by atoms with Crippen LogP contribution in [0.1, 0.15) is 20.1 Å². The second-order valence-electron chi connectivity index (χ2n) is 6.01. The molecule has 0 amide bonds. The highest BCUT2D eigenvalue weighted by Gasteiger charge is 2.49. The van der Waals surface area contributed by atoms with Gasteiger partial charge < -0.3 is 24.3 Å². The van der Waals surface area contributed by atoms with Gasteiger partial charge in [0.05, 0.1) is 10.9 Å². The normalized spacial score (nSPS) is 24.3. The van der Waals surface area contributed by atoms with E-state index in [1.165, 1.54) is 31.7 Å². The number of carbonyl (C=O) groups is 2. The Kier molecular flexibility index (Phi) is 5.91. The number of hydrogen-bond donors (Lipinski definition) is 1. The Morgan fingerprint density at radius 3 is 2.68 bits per heavy atom. The monoisotopic (exact) mass is 412 g/mol. The predicted molar refractivity (Wildman–Crippen MR) is 98.1 cm³/mol. The molecule has 152 valence electrons. The van der Waals surface area contributed by atoms with Crippen LogP contribution in [0.15, 0.2) is 11.0 Å². The van der Waals surface area contributed by atoms with E-state index in [0.717, 1.165) is 11.3 Å². The van der Waals surface area contributed by atoms with E-state index in [1.807, 2.05) is 0 Å². The third-order valence-electron chi connectivity index (χ3n) is 4.15. The van der Waals surface area contributed by atoms with Gasteiger partial charge in [-0.25, -0.2) is 4.98 Å². The van der Waals surface area contributed by atoms with E-state index in [9.17, 15) is 14.4 Å². The van der Waals surface area contributed by atoms with Crippen molar-refractivity contribution in [3.05, 3.63) is 15.9 Å². The van der Waals surface area contributed by atoms with Gasteiger partial charge in [-0.3, -0.25) is 19.0 Å². The number of nitrogens with zero attached hydrogens (tertiary/aromatic N) is 3. The summed E-state index contributed by atoms with van der Waals surface area (Å²) in [6, 6.07) is 0. The Morgan fingerprint density at radius 2 is 2.07 bits per heavy atom. The van der Waals surface area contributed by atoms with Gasteiger partial charge in [0.2, 0.25) is 5.95 Å². The molecule has 11 nitrogen and oxygen atoms in total. The molecule has 0 spiro atoms. The van der Waals surface area contributed by atoms with E-state index in [2.05, 4.69) is 15.3 Å². The molecule has 2 aromatic rings. The Balaban J connectivity index is 2.05. The molecule has 0 saturated carbocycles. The lowest BCUT2D eigenvalue weighted by Crippen LogP contribution is -2.39. The highest BCUT2D eigenvalue weighted by molar-refractivity contribution is 7.16. The van der Waals surface area contributed by atoms with Crippen LogP contribution in [0.3, 0.4) is 0 Å². The molecule has 0 unspecified atom stereocenters. The number of esters is 2.